The Hall–Kier alpha value is -0.800. The number of thiocarbonyl (C=S) groups is 1. The Labute approximate surface area is 152 Å². The van der Waals surface area contributed by atoms with Crippen molar-refractivity contribution in [3.05, 3.63) is 29.3 Å². The van der Waals surface area contributed by atoms with E-state index in [1.165, 1.54) is 51.4 Å². The summed E-state index contributed by atoms with van der Waals surface area (Å²) in [5.74, 6) is 0. The molecule has 0 aliphatic heterocycles. The Bertz CT molecular complexity index is 422. The molecule has 0 spiro atoms. The molecule has 1 N–H and O–H groups in total. The van der Waals surface area contributed by atoms with Crippen molar-refractivity contribution in [3.63, 3.8) is 0 Å². The van der Waals surface area contributed by atoms with Crippen molar-refractivity contribution in [2.45, 2.75) is 65.2 Å². The highest BCUT2D eigenvalue weighted by atomic mass is 35.5. The van der Waals surface area contributed by atoms with Gasteiger partial charge in [0.25, 0.3) is 0 Å². The zero-order valence-electron chi connectivity index (χ0n) is 14.6. The smallest absolute Gasteiger partial charge is 0.173 e. The predicted octanol–water partition coefficient (Wildman–Crippen LogP) is 6.50. The van der Waals surface area contributed by atoms with E-state index in [4.69, 9.17) is 23.8 Å². The molecule has 0 heterocycles. The van der Waals surface area contributed by atoms with Gasteiger partial charge in [0.1, 0.15) is 0 Å². The van der Waals surface area contributed by atoms with Crippen LogP contribution in [0.15, 0.2) is 24.3 Å². The molecule has 130 valence electrons. The van der Waals surface area contributed by atoms with Crippen LogP contribution in [0, 0.1) is 0 Å². The van der Waals surface area contributed by atoms with Gasteiger partial charge in [-0.05, 0) is 49.3 Å². The van der Waals surface area contributed by atoms with Crippen molar-refractivity contribution in [1.29, 1.82) is 0 Å². The molecule has 0 unspecified atom stereocenters. The van der Waals surface area contributed by atoms with Gasteiger partial charge in [0.2, 0.25) is 0 Å². The Kier molecular flexibility index (Phi) is 11.1. The van der Waals surface area contributed by atoms with Gasteiger partial charge in [0, 0.05) is 23.8 Å². The van der Waals surface area contributed by atoms with Crippen LogP contribution in [0.4, 0.5) is 5.69 Å². The number of anilines is 1. The van der Waals surface area contributed by atoms with Crippen LogP contribution < -0.4 is 5.32 Å². The molecule has 0 amide bonds. The maximum absolute atomic E-state index is 5.94. The van der Waals surface area contributed by atoms with E-state index in [0.29, 0.717) is 0 Å². The van der Waals surface area contributed by atoms with Crippen molar-refractivity contribution in [2.24, 2.45) is 0 Å². The summed E-state index contributed by atoms with van der Waals surface area (Å²) in [6.07, 6.45) is 10.1. The first-order chi connectivity index (χ1) is 11.2. The summed E-state index contributed by atoms with van der Waals surface area (Å²) in [4.78, 5) is 2.33. The Morgan fingerprint density at radius 2 is 1.43 bits per heavy atom. The maximum atomic E-state index is 5.94. The molecule has 0 saturated heterocycles. The molecule has 0 radical (unpaired) electrons. The standard InChI is InChI=1S/C19H31ClN2S/c1-3-5-7-9-15-22(16-10-8-6-4-2)19(23)21-18-13-11-17(20)12-14-18/h11-14H,3-10,15-16H2,1-2H3,(H,21,23). The third-order valence-corrected chi connectivity index (χ3v) is 4.56. The minimum absolute atomic E-state index is 0.748. The van der Waals surface area contributed by atoms with E-state index >= 15 is 0 Å². The topological polar surface area (TPSA) is 15.3 Å². The zero-order chi connectivity index (χ0) is 16.9. The van der Waals surface area contributed by atoms with E-state index in [1.54, 1.807) is 0 Å². The number of hydrogen-bond acceptors (Lipinski definition) is 1. The first kappa shape index (κ1) is 20.2. The molecular weight excluding hydrogens is 324 g/mol. The van der Waals surface area contributed by atoms with E-state index < -0.39 is 0 Å². The van der Waals surface area contributed by atoms with Gasteiger partial charge < -0.3 is 10.2 Å². The molecule has 0 aliphatic carbocycles. The van der Waals surface area contributed by atoms with Crippen molar-refractivity contribution < 1.29 is 0 Å². The van der Waals surface area contributed by atoms with E-state index in [1.807, 2.05) is 24.3 Å². The average molecular weight is 355 g/mol. The molecule has 0 fully saturated rings. The molecule has 0 aromatic heterocycles. The van der Waals surface area contributed by atoms with Crippen LogP contribution in [-0.2, 0) is 0 Å². The van der Waals surface area contributed by atoms with Gasteiger partial charge >= 0.3 is 0 Å². The molecule has 1 aromatic carbocycles. The summed E-state index contributed by atoms with van der Waals surface area (Å²) in [5, 5.41) is 4.93. The fourth-order valence-electron chi connectivity index (χ4n) is 2.51. The lowest BCUT2D eigenvalue weighted by atomic mass is 10.2. The fourth-order valence-corrected chi connectivity index (χ4v) is 2.94. The summed E-state index contributed by atoms with van der Waals surface area (Å²) < 4.78 is 0. The summed E-state index contributed by atoms with van der Waals surface area (Å²) in [6.45, 7) is 6.58. The Morgan fingerprint density at radius 3 is 1.91 bits per heavy atom. The minimum atomic E-state index is 0.748. The third kappa shape index (κ3) is 9.17. The highest BCUT2D eigenvalue weighted by Crippen LogP contribution is 2.15. The number of hydrogen-bond donors (Lipinski definition) is 1. The van der Waals surface area contributed by atoms with Crippen molar-refractivity contribution >= 4 is 34.6 Å². The molecule has 1 rings (SSSR count). The van der Waals surface area contributed by atoms with Gasteiger partial charge in [-0.3, -0.25) is 0 Å². The number of halogens is 1. The maximum Gasteiger partial charge on any atom is 0.173 e. The third-order valence-electron chi connectivity index (χ3n) is 3.95. The van der Waals surface area contributed by atoms with Crippen LogP contribution in [0.1, 0.15) is 65.2 Å². The van der Waals surface area contributed by atoms with Gasteiger partial charge in [0.15, 0.2) is 5.11 Å². The summed E-state index contributed by atoms with van der Waals surface area (Å²) >= 11 is 11.6. The van der Waals surface area contributed by atoms with Crippen LogP contribution >= 0.6 is 23.8 Å². The summed E-state index contributed by atoms with van der Waals surface area (Å²) in [5.41, 5.74) is 1.01. The lowest BCUT2D eigenvalue weighted by molar-refractivity contribution is 0.391. The molecule has 0 saturated carbocycles. The second kappa shape index (κ2) is 12.6. The lowest BCUT2D eigenvalue weighted by Gasteiger charge is -2.26. The minimum Gasteiger partial charge on any atom is -0.349 e. The molecule has 0 bridgehead atoms. The van der Waals surface area contributed by atoms with Crippen LogP contribution in [0.25, 0.3) is 0 Å². The van der Waals surface area contributed by atoms with Gasteiger partial charge in [-0.25, -0.2) is 0 Å². The largest absolute Gasteiger partial charge is 0.349 e. The van der Waals surface area contributed by atoms with Crippen LogP contribution in [0.2, 0.25) is 5.02 Å². The SMILES string of the molecule is CCCCCCN(CCCCCC)C(=S)Nc1ccc(Cl)cc1. The van der Waals surface area contributed by atoms with Crippen molar-refractivity contribution in [2.75, 3.05) is 18.4 Å². The van der Waals surface area contributed by atoms with Gasteiger partial charge in [-0.15, -0.1) is 0 Å². The highest BCUT2D eigenvalue weighted by molar-refractivity contribution is 7.80. The van der Waals surface area contributed by atoms with Crippen molar-refractivity contribution in [3.8, 4) is 0 Å². The molecule has 23 heavy (non-hydrogen) atoms. The Balaban J connectivity index is 2.49. The van der Waals surface area contributed by atoms with Crippen LogP contribution in [-0.4, -0.2) is 23.1 Å². The number of unbranched alkanes of at least 4 members (excludes halogenated alkanes) is 6. The second-order valence-electron chi connectivity index (χ2n) is 6.05. The normalized spacial score (nSPS) is 10.6. The number of nitrogens with one attached hydrogen (secondary N) is 1. The van der Waals surface area contributed by atoms with Crippen molar-refractivity contribution in [1.82, 2.24) is 4.90 Å². The second-order valence-corrected chi connectivity index (χ2v) is 6.87. The summed E-state index contributed by atoms with van der Waals surface area (Å²) in [6, 6.07) is 7.72. The quantitative estimate of drug-likeness (QED) is 0.360. The number of rotatable bonds is 11. The average Bonchev–Trinajstić information content (AvgIpc) is 2.55. The fraction of sp³-hybridized carbons (Fsp3) is 0.632. The molecule has 2 nitrogen and oxygen atoms in total. The molecular formula is C19H31ClN2S. The van der Waals surface area contributed by atoms with E-state index in [9.17, 15) is 0 Å². The number of benzene rings is 1. The monoisotopic (exact) mass is 354 g/mol. The summed E-state index contributed by atoms with van der Waals surface area (Å²) in [7, 11) is 0. The molecule has 4 heteroatoms. The first-order valence-electron chi connectivity index (χ1n) is 8.98. The van der Waals surface area contributed by atoms with Gasteiger partial charge in [-0.1, -0.05) is 64.0 Å². The Morgan fingerprint density at radius 1 is 0.913 bits per heavy atom. The lowest BCUT2D eigenvalue weighted by Crippen LogP contribution is -2.36. The van der Waals surface area contributed by atoms with Gasteiger partial charge in [-0.2, -0.15) is 0 Å². The van der Waals surface area contributed by atoms with E-state index in [0.717, 1.165) is 28.9 Å². The zero-order valence-corrected chi connectivity index (χ0v) is 16.2. The van der Waals surface area contributed by atoms with Crippen LogP contribution in [0.5, 0.6) is 0 Å². The first-order valence-corrected chi connectivity index (χ1v) is 9.77. The molecule has 0 atom stereocenters. The van der Waals surface area contributed by atoms with E-state index in [-0.39, 0.29) is 0 Å². The molecule has 0 aliphatic rings. The van der Waals surface area contributed by atoms with Crippen LogP contribution in [0.3, 0.4) is 0 Å². The van der Waals surface area contributed by atoms with Gasteiger partial charge in [0.05, 0.1) is 0 Å². The predicted molar refractivity (Wildman–Crippen MR) is 108 cm³/mol. The molecule has 1 aromatic rings. The highest BCUT2D eigenvalue weighted by Gasteiger charge is 2.09. The van der Waals surface area contributed by atoms with E-state index in [2.05, 4.69) is 24.1 Å². The number of nitrogens with zero attached hydrogens (tertiary/aromatic N) is 1.